The molecule has 0 saturated carbocycles. The van der Waals surface area contributed by atoms with Crippen molar-refractivity contribution in [3.8, 4) is 5.69 Å². The van der Waals surface area contributed by atoms with Crippen molar-refractivity contribution in [2.45, 2.75) is 6.92 Å². The van der Waals surface area contributed by atoms with Crippen LogP contribution in [0.3, 0.4) is 0 Å². The highest BCUT2D eigenvalue weighted by Gasteiger charge is 2.13. The van der Waals surface area contributed by atoms with Gasteiger partial charge in [-0.05, 0) is 35.0 Å². The number of rotatable bonds is 5. The fraction of sp³-hybridized carbons (Fsp3) is 0.333. The van der Waals surface area contributed by atoms with Gasteiger partial charge in [0.05, 0.1) is 11.3 Å². The van der Waals surface area contributed by atoms with Crippen LogP contribution in [0.5, 0.6) is 0 Å². The molecule has 1 unspecified atom stereocenters. The molecule has 0 aliphatic rings. The molecule has 0 saturated heterocycles. The molecule has 0 spiro atoms. The minimum Gasteiger partial charge on any atom is -0.352 e. The number of hydrogen-bond donors (Lipinski definition) is 2. The van der Waals surface area contributed by atoms with Crippen LogP contribution in [0.2, 0.25) is 0 Å². The van der Waals surface area contributed by atoms with E-state index in [9.17, 15) is 4.79 Å². The zero-order chi connectivity index (χ0) is 13.7. The highest BCUT2D eigenvalue weighted by atomic mass is 16.1. The second kappa shape index (κ2) is 6.05. The van der Waals surface area contributed by atoms with Gasteiger partial charge in [-0.2, -0.15) is 4.68 Å². The standard InChI is InChI=1S/C12H16N6O/c1-9(6-13)7-14-12(19)10-4-2-3-5-11(10)18-8-15-16-17-18/h2-5,8-9H,6-7,13H2,1H3,(H,14,19). The number of para-hydroxylation sites is 1. The van der Waals surface area contributed by atoms with Gasteiger partial charge in [0.25, 0.3) is 5.91 Å². The SMILES string of the molecule is CC(CN)CNC(=O)c1ccccc1-n1cnnn1. The smallest absolute Gasteiger partial charge is 0.253 e. The predicted octanol–water partition coefficient (Wildman–Crippen LogP) is -0.0131. The van der Waals surface area contributed by atoms with Gasteiger partial charge < -0.3 is 11.1 Å². The molecule has 7 nitrogen and oxygen atoms in total. The van der Waals surface area contributed by atoms with E-state index in [0.717, 1.165) is 0 Å². The van der Waals surface area contributed by atoms with Crippen LogP contribution in [0.25, 0.3) is 5.69 Å². The topological polar surface area (TPSA) is 98.7 Å². The third-order valence-corrected chi connectivity index (χ3v) is 2.76. The van der Waals surface area contributed by atoms with E-state index in [0.29, 0.717) is 24.3 Å². The molecule has 0 fully saturated rings. The van der Waals surface area contributed by atoms with Gasteiger partial charge in [0.1, 0.15) is 6.33 Å². The van der Waals surface area contributed by atoms with E-state index in [4.69, 9.17) is 5.73 Å². The maximum atomic E-state index is 12.1. The number of nitrogens with one attached hydrogen (secondary N) is 1. The number of benzene rings is 1. The molecule has 1 heterocycles. The Morgan fingerprint density at radius 2 is 2.26 bits per heavy atom. The fourth-order valence-corrected chi connectivity index (χ4v) is 1.58. The highest BCUT2D eigenvalue weighted by Crippen LogP contribution is 2.12. The molecular formula is C12H16N6O. The first-order valence-corrected chi connectivity index (χ1v) is 6.03. The van der Waals surface area contributed by atoms with Crippen LogP contribution in [0, 0.1) is 5.92 Å². The Hall–Kier alpha value is -2.28. The van der Waals surface area contributed by atoms with Gasteiger partial charge in [0.15, 0.2) is 0 Å². The molecule has 100 valence electrons. The molecular weight excluding hydrogens is 244 g/mol. The number of carbonyl (C=O) groups is 1. The molecule has 1 amide bonds. The zero-order valence-electron chi connectivity index (χ0n) is 10.7. The Bertz CT molecular complexity index is 539. The summed E-state index contributed by atoms with van der Waals surface area (Å²) < 4.78 is 1.46. The third-order valence-electron chi connectivity index (χ3n) is 2.76. The largest absolute Gasteiger partial charge is 0.352 e. The number of nitrogens with two attached hydrogens (primary N) is 1. The molecule has 7 heteroatoms. The van der Waals surface area contributed by atoms with Crippen LogP contribution >= 0.6 is 0 Å². The van der Waals surface area contributed by atoms with Crippen molar-refractivity contribution in [1.29, 1.82) is 0 Å². The maximum Gasteiger partial charge on any atom is 0.253 e. The van der Waals surface area contributed by atoms with Crippen molar-refractivity contribution in [1.82, 2.24) is 25.5 Å². The van der Waals surface area contributed by atoms with Crippen LogP contribution in [-0.2, 0) is 0 Å². The summed E-state index contributed by atoms with van der Waals surface area (Å²) in [7, 11) is 0. The van der Waals surface area contributed by atoms with Crippen LogP contribution in [0.4, 0.5) is 0 Å². The van der Waals surface area contributed by atoms with E-state index in [-0.39, 0.29) is 11.8 Å². The lowest BCUT2D eigenvalue weighted by Gasteiger charge is -2.12. The number of amides is 1. The molecule has 1 atom stereocenters. The minimum atomic E-state index is -0.161. The molecule has 0 aliphatic heterocycles. The number of hydrogen-bond acceptors (Lipinski definition) is 5. The van der Waals surface area contributed by atoms with Gasteiger partial charge in [-0.1, -0.05) is 19.1 Å². The molecule has 0 bridgehead atoms. The van der Waals surface area contributed by atoms with Crippen LogP contribution < -0.4 is 11.1 Å². The lowest BCUT2D eigenvalue weighted by atomic mass is 10.1. The quantitative estimate of drug-likeness (QED) is 0.787. The van der Waals surface area contributed by atoms with E-state index < -0.39 is 0 Å². The number of nitrogens with zero attached hydrogens (tertiary/aromatic N) is 4. The van der Waals surface area contributed by atoms with Gasteiger partial charge in [-0.3, -0.25) is 4.79 Å². The van der Waals surface area contributed by atoms with Crippen molar-refractivity contribution >= 4 is 5.91 Å². The summed E-state index contributed by atoms with van der Waals surface area (Å²) in [6, 6.07) is 7.16. The monoisotopic (exact) mass is 260 g/mol. The highest BCUT2D eigenvalue weighted by molar-refractivity contribution is 5.97. The Morgan fingerprint density at radius 1 is 1.47 bits per heavy atom. The second-order valence-corrected chi connectivity index (χ2v) is 4.32. The molecule has 2 rings (SSSR count). The summed E-state index contributed by atoms with van der Waals surface area (Å²) in [5.74, 6) is 0.0792. The van der Waals surface area contributed by atoms with Crippen LogP contribution in [0.1, 0.15) is 17.3 Å². The summed E-state index contributed by atoms with van der Waals surface area (Å²) >= 11 is 0. The molecule has 2 aromatic rings. The summed E-state index contributed by atoms with van der Waals surface area (Å²) in [6.45, 7) is 3.06. The van der Waals surface area contributed by atoms with Gasteiger partial charge in [0.2, 0.25) is 0 Å². The van der Waals surface area contributed by atoms with E-state index in [1.165, 1.54) is 11.0 Å². The van der Waals surface area contributed by atoms with E-state index in [1.54, 1.807) is 18.2 Å². The van der Waals surface area contributed by atoms with Gasteiger partial charge in [-0.25, -0.2) is 0 Å². The lowest BCUT2D eigenvalue weighted by molar-refractivity contribution is 0.0948. The number of aromatic nitrogens is 4. The van der Waals surface area contributed by atoms with Crippen molar-refractivity contribution < 1.29 is 4.79 Å². The number of tetrazole rings is 1. The fourth-order valence-electron chi connectivity index (χ4n) is 1.58. The van der Waals surface area contributed by atoms with Crippen molar-refractivity contribution in [2.75, 3.05) is 13.1 Å². The van der Waals surface area contributed by atoms with E-state index >= 15 is 0 Å². The maximum absolute atomic E-state index is 12.1. The van der Waals surface area contributed by atoms with Gasteiger partial charge >= 0.3 is 0 Å². The van der Waals surface area contributed by atoms with Crippen molar-refractivity contribution in [2.24, 2.45) is 11.7 Å². The molecule has 0 aliphatic carbocycles. The molecule has 1 aromatic carbocycles. The number of carbonyl (C=O) groups excluding carboxylic acids is 1. The second-order valence-electron chi connectivity index (χ2n) is 4.32. The Labute approximate surface area is 110 Å². The van der Waals surface area contributed by atoms with Gasteiger partial charge in [-0.15, -0.1) is 5.10 Å². The first-order valence-electron chi connectivity index (χ1n) is 6.03. The Balaban J connectivity index is 2.18. The Kier molecular flexibility index (Phi) is 4.19. The van der Waals surface area contributed by atoms with Crippen molar-refractivity contribution in [3.63, 3.8) is 0 Å². The van der Waals surface area contributed by atoms with E-state index in [1.807, 2.05) is 13.0 Å². The minimum absolute atomic E-state index is 0.161. The zero-order valence-corrected chi connectivity index (χ0v) is 10.7. The van der Waals surface area contributed by atoms with Gasteiger partial charge in [0, 0.05) is 6.54 Å². The predicted molar refractivity (Wildman–Crippen MR) is 69.7 cm³/mol. The van der Waals surface area contributed by atoms with Crippen LogP contribution in [0.15, 0.2) is 30.6 Å². The first-order chi connectivity index (χ1) is 9.22. The summed E-state index contributed by atoms with van der Waals surface area (Å²) in [5.41, 5.74) is 6.69. The molecule has 3 N–H and O–H groups in total. The molecule has 1 aromatic heterocycles. The van der Waals surface area contributed by atoms with Crippen molar-refractivity contribution in [3.05, 3.63) is 36.2 Å². The Morgan fingerprint density at radius 3 is 2.95 bits per heavy atom. The van der Waals surface area contributed by atoms with Crippen LogP contribution in [-0.4, -0.2) is 39.2 Å². The summed E-state index contributed by atoms with van der Waals surface area (Å²) in [5, 5.41) is 13.8. The molecule has 0 radical (unpaired) electrons. The average molecular weight is 260 g/mol. The van der Waals surface area contributed by atoms with E-state index in [2.05, 4.69) is 20.8 Å². The first kappa shape index (κ1) is 13.2. The lowest BCUT2D eigenvalue weighted by Crippen LogP contribution is -2.31. The average Bonchev–Trinajstić information content (AvgIpc) is 2.98. The molecule has 19 heavy (non-hydrogen) atoms. The third kappa shape index (κ3) is 3.14. The normalized spacial score (nSPS) is 12.1. The summed E-state index contributed by atoms with van der Waals surface area (Å²) in [6.07, 6.45) is 1.45. The summed E-state index contributed by atoms with van der Waals surface area (Å²) in [4.78, 5) is 12.1.